The number of likely N-dealkylation sites (N-methyl/N-ethyl adjacent to an activating group) is 1. The average Bonchev–Trinajstić information content (AvgIpc) is 2.48. The van der Waals surface area contributed by atoms with Gasteiger partial charge in [-0.3, -0.25) is 0 Å². The molecule has 0 radical (unpaired) electrons. The fourth-order valence-corrected chi connectivity index (χ4v) is 2.41. The molecule has 0 saturated carbocycles. The molecule has 0 aromatic heterocycles. The Morgan fingerprint density at radius 2 is 1.75 bits per heavy atom. The van der Waals surface area contributed by atoms with Crippen LogP contribution >= 0.6 is 15.9 Å². The minimum absolute atomic E-state index is 0.372. The average molecular weight is 334 g/mol. The molecule has 0 heterocycles. The van der Waals surface area contributed by atoms with Crippen LogP contribution in [0.3, 0.4) is 0 Å². The quantitative estimate of drug-likeness (QED) is 0.827. The number of rotatable bonds is 7. The Morgan fingerprint density at radius 1 is 1.05 bits per heavy atom. The second-order valence-corrected chi connectivity index (χ2v) is 5.72. The molecule has 3 heteroatoms. The molecular weight excluding hydrogens is 314 g/mol. The normalized spacial score (nSPS) is 12.3. The summed E-state index contributed by atoms with van der Waals surface area (Å²) in [5, 5.41) is 3.24. The van der Waals surface area contributed by atoms with Crippen molar-refractivity contribution in [3.63, 3.8) is 0 Å². The first kappa shape index (κ1) is 15.2. The zero-order chi connectivity index (χ0) is 14.2. The summed E-state index contributed by atoms with van der Waals surface area (Å²) in [7, 11) is 1.98. The predicted octanol–water partition coefficient (Wildman–Crippen LogP) is 3.97. The Bertz CT molecular complexity index is 498. The van der Waals surface area contributed by atoms with Gasteiger partial charge in [0.1, 0.15) is 0 Å². The van der Waals surface area contributed by atoms with Crippen LogP contribution < -0.4 is 5.32 Å². The largest absolute Gasteiger partial charge is 0.376 e. The van der Waals surface area contributed by atoms with Crippen molar-refractivity contribution in [1.82, 2.24) is 5.32 Å². The smallest absolute Gasteiger partial charge is 0.0717 e. The van der Waals surface area contributed by atoms with Crippen LogP contribution in [0.15, 0.2) is 59.1 Å². The van der Waals surface area contributed by atoms with E-state index in [9.17, 15) is 0 Å². The molecule has 106 valence electrons. The van der Waals surface area contributed by atoms with Crippen molar-refractivity contribution in [3.05, 3.63) is 70.2 Å². The molecule has 1 atom stereocenters. The summed E-state index contributed by atoms with van der Waals surface area (Å²) in [6.07, 6.45) is 0. The predicted molar refractivity (Wildman–Crippen MR) is 86.9 cm³/mol. The fourth-order valence-electron chi connectivity index (χ4n) is 2.15. The van der Waals surface area contributed by atoms with Gasteiger partial charge in [-0.1, -0.05) is 58.4 Å². The van der Waals surface area contributed by atoms with Crippen molar-refractivity contribution in [2.24, 2.45) is 0 Å². The highest BCUT2D eigenvalue weighted by Gasteiger charge is 2.11. The third kappa shape index (κ3) is 4.75. The summed E-state index contributed by atoms with van der Waals surface area (Å²) in [6, 6.07) is 18.7. The maximum atomic E-state index is 5.87. The molecule has 0 amide bonds. The first-order valence-electron chi connectivity index (χ1n) is 6.81. The van der Waals surface area contributed by atoms with Crippen molar-refractivity contribution in [1.29, 1.82) is 0 Å². The Kier molecular flexibility index (Phi) is 6.25. The van der Waals surface area contributed by atoms with E-state index in [0.29, 0.717) is 12.5 Å². The Labute approximate surface area is 129 Å². The van der Waals surface area contributed by atoms with Gasteiger partial charge in [0, 0.05) is 16.9 Å². The molecule has 0 bridgehead atoms. The lowest BCUT2D eigenvalue weighted by Gasteiger charge is -2.17. The number of benzene rings is 2. The number of ether oxygens (including phenoxy) is 1. The SMILES string of the molecule is CNCC(COCc1ccccc1)c1ccc(Br)cc1. The van der Waals surface area contributed by atoms with Crippen LogP contribution in [0.25, 0.3) is 0 Å². The lowest BCUT2D eigenvalue weighted by Crippen LogP contribution is -2.21. The molecule has 0 aliphatic rings. The van der Waals surface area contributed by atoms with E-state index < -0.39 is 0 Å². The van der Waals surface area contributed by atoms with Crippen LogP contribution in [0, 0.1) is 0 Å². The lowest BCUT2D eigenvalue weighted by atomic mass is 10.0. The highest BCUT2D eigenvalue weighted by atomic mass is 79.9. The second-order valence-electron chi connectivity index (χ2n) is 4.81. The maximum Gasteiger partial charge on any atom is 0.0717 e. The van der Waals surface area contributed by atoms with Crippen LogP contribution in [-0.2, 0) is 11.3 Å². The van der Waals surface area contributed by atoms with Crippen LogP contribution in [0.2, 0.25) is 0 Å². The Balaban J connectivity index is 1.90. The highest BCUT2D eigenvalue weighted by molar-refractivity contribution is 9.10. The van der Waals surface area contributed by atoms with Gasteiger partial charge in [0.15, 0.2) is 0 Å². The molecule has 2 nitrogen and oxygen atoms in total. The molecule has 0 aliphatic carbocycles. The van der Waals surface area contributed by atoms with Gasteiger partial charge in [-0.2, -0.15) is 0 Å². The summed E-state index contributed by atoms with van der Waals surface area (Å²) in [4.78, 5) is 0. The van der Waals surface area contributed by atoms with Crippen molar-refractivity contribution in [2.75, 3.05) is 20.2 Å². The molecular formula is C17H20BrNO. The third-order valence-corrected chi connectivity index (χ3v) is 3.75. The van der Waals surface area contributed by atoms with E-state index >= 15 is 0 Å². The second kappa shape index (κ2) is 8.20. The zero-order valence-corrected chi connectivity index (χ0v) is 13.3. The van der Waals surface area contributed by atoms with E-state index in [0.717, 1.165) is 17.6 Å². The van der Waals surface area contributed by atoms with Crippen LogP contribution in [0.4, 0.5) is 0 Å². The molecule has 0 spiro atoms. The van der Waals surface area contributed by atoms with Crippen molar-refractivity contribution in [3.8, 4) is 0 Å². The minimum atomic E-state index is 0.372. The highest BCUT2D eigenvalue weighted by Crippen LogP contribution is 2.19. The maximum absolute atomic E-state index is 5.87. The van der Waals surface area contributed by atoms with E-state index in [4.69, 9.17) is 4.74 Å². The van der Waals surface area contributed by atoms with Gasteiger partial charge in [-0.05, 0) is 30.3 Å². The van der Waals surface area contributed by atoms with E-state index in [1.165, 1.54) is 11.1 Å². The van der Waals surface area contributed by atoms with Crippen LogP contribution in [0.5, 0.6) is 0 Å². The van der Waals surface area contributed by atoms with Gasteiger partial charge in [0.25, 0.3) is 0 Å². The Morgan fingerprint density at radius 3 is 2.40 bits per heavy atom. The monoisotopic (exact) mass is 333 g/mol. The fraction of sp³-hybridized carbons (Fsp3) is 0.294. The first-order chi connectivity index (χ1) is 9.79. The van der Waals surface area contributed by atoms with Crippen LogP contribution in [-0.4, -0.2) is 20.2 Å². The summed E-state index contributed by atoms with van der Waals surface area (Å²) in [5.74, 6) is 0.372. The molecule has 1 unspecified atom stereocenters. The topological polar surface area (TPSA) is 21.3 Å². The molecule has 1 N–H and O–H groups in total. The van der Waals surface area contributed by atoms with E-state index in [1.54, 1.807) is 0 Å². The number of hydrogen-bond acceptors (Lipinski definition) is 2. The standard InChI is InChI=1S/C17H20BrNO/c1-19-11-16(15-7-9-17(18)10-8-15)13-20-12-14-5-3-2-4-6-14/h2-10,16,19H,11-13H2,1H3. The van der Waals surface area contributed by atoms with Gasteiger partial charge in [-0.15, -0.1) is 0 Å². The van der Waals surface area contributed by atoms with Crippen molar-refractivity contribution in [2.45, 2.75) is 12.5 Å². The van der Waals surface area contributed by atoms with Gasteiger partial charge >= 0.3 is 0 Å². The summed E-state index contributed by atoms with van der Waals surface area (Å²) in [5.41, 5.74) is 2.52. The Hall–Kier alpha value is -1.16. The summed E-state index contributed by atoms with van der Waals surface area (Å²) >= 11 is 3.47. The van der Waals surface area contributed by atoms with E-state index in [-0.39, 0.29) is 0 Å². The van der Waals surface area contributed by atoms with E-state index in [2.05, 4.69) is 57.6 Å². The lowest BCUT2D eigenvalue weighted by molar-refractivity contribution is 0.107. The third-order valence-electron chi connectivity index (χ3n) is 3.22. The number of halogens is 1. The van der Waals surface area contributed by atoms with E-state index in [1.807, 2.05) is 25.2 Å². The van der Waals surface area contributed by atoms with Gasteiger partial charge in [-0.25, -0.2) is 0 Å². The van der Waals surface area contributed by atoms with Crippen LogP contribution in [0.1, 0.15) is 17.0 Å². The first-order valence-corrected chi connectivity index (χ1v) is 7.60. The summed E-state index contributed by atoms with van der Waals surface area (Å²) in [6.45, 7) is 2.30. The van der Waals surface area contributed by atoms with Gasteiger partial charge in [0.2, 0.25) is 0 Å². The molecule has 0 fully saturated rings. The zero-order valence-electron chi connectivity index (χ0n) is 11.7. The van der Waals surface area contributed by atoms with Crippen molar-refractivity contribution < 1.29 is 4.74 Å². The van der Waals surface area contributed by atoms with Gasteiger partial charge < -0.3 is 10.1 Å². The molecule has 2 rings (SSSR count). The van der Waals surface area contributed by atoms with Gasteiger partial charge in [0.05, 0.1) is 13.2 Å². The number of nitrogens with one attached hydrogen (secondary N) is 1. The summed E-state index contributed by atoms with van der Waals surface area (Å²) < 4.78 is 6.97. The van der Waals surface area contributed by atoms with Crippen molar-refractivity contribution >= 4 is 15.9 Å². The molecule has 2 aromatic carbocycles. The minimum Gasteiger partial charge on any atom is -0.376 e. The number of hydrogen-bond donors (Lipinski definition) is 1. The molecule has 2 aromatic rings. The molecule has 20 heavy (non-hydrogen) atoms. The molecule has 0 aliphatic heterocycles. The molecule has 0 saturated heterocycles.